The molecule has 0 aromatic carbocycles. The predicted octanol–water partition coefficient (Wildman–Crippen LogP) is 18.3. The van der Waals surface area contributed by atoms with Crippen LogP contribution in [-0.4, -0.2) is 96.7 Å². The van der Waals surface area contributed by atoms with Crippen LogP contribution >= 0.6 is 15.6 Å². The van der Waals surface area contributed by atoms with Crippen LogP contribution in [0.2, 0.25) is 0 Å². The summed E-state index contributed by atoms with van der Waals surface area (Å²) in [6.45, 7) is 11.6. The van der Waals surface area contributed by atoms with Crippen LogP contribution in [0.25, 0.3) is 0 Å². The summed E-state index contributed by atoms with van der Waals surface area (Å²) in [6.07, 6.45) is 39.3. The fourth-order valence-corrected chi connectivity index (χ4v) is 11.4. The number of hydrogen-bond donors (Lipinski definition) is 3. The van der Waals surface area contributed by atoms with Gasteiger partial charge in [0.2, 0.25) is 0 Å². The number of unbranched alkanes of at least 4 members (excludes halogenated alkanes) is 32. The van der Waals surface area contributed by atoms with Crippen molar-refractivity contribution in [2.45, 2.75) is 343 Å². The Kier molecular flexibility index (Phi) is 55.9. The first-order valence-corrected chi connectivity index (χ1v) is 37.3. The summed E-state index contributed by atoms with van der Waals surface area (Å²) < 4.78 is 68.0. The molecule has 0 heterocycles. The van der Waals surface area contributed by atoms with Crippen LogP contribution in [0.1, 0.15) is 325 Å². The Balaban J connectivity index is 5.20. The third-order valence-corrected chi connectivity index (χ3v) is 17.0. The first kappa shape index (κ1) is 83.1. The van der Waals surface area contributed by atoms with Gasteiger partial charge in [0.05, 0.1) is 26.4 Å². The van der Waals surface area contributed by atoms with Crippen LogP contribution < -0.4 is 0 Å². The zero-order valence-corrected chi connectivity index (χ0v) is 56.9. The molecule has 0 aliphatic rings. The molecule has 19 heteroatoms. The van der Waals surface area contributed by atoms with E-state index in [1.165, 1.54) is 128 Å². The van der Waals surface area contributed by atoms with Crippen LogP contribution in [0.3, 0.4) is 0 Å². The van der Waals surface area contributed by atoms with Crippen LogP contribution in [0.5, 0.6) is 0 Å². The quantitative estimate of drug-likeness (QED) is 0.0222. The molecule has 0 saturated carbocycles. The molecule has 2 unspecified atom stereocenters. The Morgan fingerprint density at radius 2 is 0.541 bits per heavy atom. The minimum Gasteiger partial charge on any atom is -0.462 e. The van der Waals surface area contributed by atoms with Gasteiger partial charge < -0.3 is 33.8 Å². The molecule has 0 aromatic rings. The first-order chi connectivity index (χ1) is 40.7. The van der Waals surface area contributed by atoms with Crippen molar-refractivity contribution >= 4 is 39.5 Å². The van der Waals surface area contributed by atoms with Crippen molar-refractivity contribution in [1.29, 1.82) is 0 Å². The fourth-order valence-electron chi connectivity index (χ4n) is 9.83. The van der Waals surface area contributed by atoms with Gasteiger partial charge in [-0.25, -0.2) is 9.13 Å². The predicted molar refractivity (Wildman–Crippen MR) is 340 cm³/mol. The Morgan fingerprint density at radius 3 is 0.800 bits per heavy atom. The monoisotopic (exact) mass is 1250 g/mol. The van der Waals surface area contributed by atoms with Crippen LogP contribution in [0.15, 0.2) is 0 Å². The molecule has 0 bridgehead atoms. The lowest BCUT2D eigenvalue weighted by atomic mass is 10.0. The lowest BCUT2D eigenvalue weighted by Crippen LogP contribution is -2.30. The molecule has 3 N–H and O–H groups in total. The van der Waals surface area contributed by atoms with E-state index in [4.69, 9.17) is 37.0 Å². The molecule has 0 aliphatic heterocycles. The van der Waals surface area contributed by atoms with Crippen LogP contribution in [-0.2, 0) is 65.4 Å². The maximum Gasteiger partial charge on any atom is 0.472 e. The third-order valence-electron chi connectivity index (χ3n) is 15.1. The molecule has 0 aromatic heterocycles. The van der Waals surface area contributed by atoms with E-state index >= 15 is 0 Å². The molecule has 0 radical (unpaired) electrons. The van der Waals surface area contributed by atoms with Crippen molar-refractivity contribution in [2.24, 2.45) is 17.8 Å². The molecule has 0 aliphatic carbocycles. The van der Waals surface area contributed by atoms with Crippen molar-refractivity contribution < 1.29 is 80.2 Å². The summed E-state index contributed by atoms with van der Waals surface area (Å²) in [5, 5.41) is 10.5. The SMILES string of the molecule is CCCCCCCCCCCCC(=O)OC[C@H](COP(=O)(O)OC[C@@H](O)COP(=O)(O)OC[C@@H](COC(=O)CCCCCCCCC(C)C)OC(=O)CCCCCCCCC(C)C)OC(=O)CCCCCCCCCCCCCCCCC(C)C. The van der Waals surface area contributed by atoms with Crippen molar-refractivity contribution in [2.75, 3.05) is 39.6 Å². The summed E-state index contributed by atoms with van der Waals surface area (Å²) in [6, 6.07) is 0. The van der Waals surface area contributed by atoms with E-state index in [-0.39, 0.29) is 25.7 Å². The average Bonchev–Trinajstić information content (AvgIpc) is 3.53. The highest BCUT2D eigenvalue weighted by atomic mass is 31.2. The topological polar surface area (TPSA) is 237 Å². The van der Waals surface area contributed by atoms with E-state index in [0.29, 0.717) is 37.5 Å². The highest BCUT2D eigenvalue weighted by molar-refractivity contribution is 7.47. The van der Waals surface area contributed by atoms with E-state index < -0.39 is 97.5 Å². The van der Waals surface area contributed by atoms with Gasteiger partial charge in [-0.2, -0.15) is 0 Å². The highest BCUT2D eigenvalue weighted by Gasteiger charge is 2.30. The molecular formula is C66H128O17P2. The lowest BCUT2D eigenvalue weighted by Gasteiger charge is -2.21. The summed E-state index contributed by atoms with van der Waals surface area (Å²) in [5.74, 6) is 0.00560. The number of ether oxygens (including phenoxy) is 4. The van der Waals surface area contributed by atoms with Gasteiger partial charge in [0.15, 0.2) is 12.2 Å². The molecule has 504 valence electrons. The second-order valence-electron chi connectivity index (χ2n) is 25.3. The van der Waals surface area contributed by atoms with E-state index in [1.807, 2.05) is 0 Å². The Morgan fingerprint density at radius 1 is 0.318 bits per heavy atom. The summed E-state index contributed by atoms with van der Waals surface area (Å²) >= 11 is 0. The second kappa shape index (κ2) is 57.2. The number of carbonyl (C=O) groups is 4. The number of phosphoric acid groups is 2. The number of esters is 4. The largest absolute Gasteiger partial charge is 0.472 e. The molecule has 17 nitrogen and oxygen atoms in total. The fraction of sp³-hybridized carbons (Fsp3) is 0.939. The molecule has 0 fully saturated rings. The smallest absolute Gasteiger partial charge is 0.462 e. The van der Waals surface area contributed by atoms with Gasteiger partial charge >= 0.3 is 39.5 Å². The first-order valence-electron chi connectivity index (χ1n) is 34.3. The van der Waals surface area contributed by atoms with Crippen LogP contribution in [0.4, 0.5) is 0 Å². The van der Waals surface area contributed by atoms with Gasteiger partial charge in [0.25, 0.3) is 0 Å². The summed E-state index contributed by atoms with van der Waals surface area (Å²) in [5.41, 5.74) is 0. The summed E-state index contributed by atoms with van der Waals surface area (Å²) in [7, 11) is -9.89. The maximum atomic E-state index is 13.0. The second-order valence-corrected chi connectivity index (χ2v) is 28.2. The van der Waals surface area contributed by atoms with Crippen molar-refractivity contribution in [3.63, 3.8) is 0 Å². The van der Waals surface area contributed by atoms with Crippen LogP contribution in [0, 0.1) is 17.8 Å². The number of aliphatic hydroxyl groups is 1. The number of phosphoric ester groups is 2. The third kappa shape index (κ3) is 60.7. The standard InChI is InChI=1S/C66H128O17P2/c1-8-9-10-11-12-13-21-24-33-40-47-63(68)76-53-61(82-65(70)49-42-35-25-22-19-17-15-14-16-18-20-23-30-37-44-57(2)3)55-80-84(72,73)78-51-60(67)52-79-85(74,75)81-56-62(83-66(71)50-43-36-29-27-32-39-46-59(6)7)54-77-64(69)48-41-34-28-26-31-38-45-58(4)5/h57-62,67H,8-56H2,1-7H3,(H,72,73)(H,74,75)/t60-,61-,62-/m1/s1. The van der Waals surface area contributed by atoms with Gasteiger partial charge in [0, 0.05) is 25.7 Å². The Hall–Kier alpha value is -1.94. The van der Waals surface area contributed by atoms with E-state index in [0.717, 1.165) is 102 Å². The van der Waals surface area contributed by atoms with Crippen molar-refractivity contribution in [1.82, 2.24) is 0 Å². The van der Waals surface area contributed by atoms with Gasteiger partial charge in [-0.1, -0.05) is 273 Å². The van der Waals surface area contributed by atoms with E-state index in [2.05, 4.69) is 48.5 Å². The van der Waals surface area contributed by atoms with E-state index in [1.54, 1.807) is 0 Å². The molecule has 85 heavy (non-hydrogen) atoms. The number of aliphatic hydroxyl groups excluding tert-OH is 1. The Labute approximate surface area is 517 Å². The van der Waals surface area contributed by atoms with Crippen molar-refractivity contribution in [3.8, 4) is 0 Å². The summed E-state index contributed by atoms with van der Waals surface area (Å²) in [4.78, 5) is 72.2. The maximum absolute atomic E-state index is 13.0. The number of hydrogen-bond acceptors (Lipinski definition) is 15. The number of rotatable bonds is 64. The minimum absolute atomic E-state index is 0.101. The molecule has 0 amide bonds. The normalized spacial score (nSPS) is 14.3. The molecule has 0 saturated heterocycles. The zero-order chi connectivity index (χ0) is 63.1. The van der Waals surface area contributed by atoms with E-state index in [9.17, 15) is 43.2 Å². The number of carbonyl (C=O) groups excluding carboxylic acids is 4. The lowest BCUT2D eigenvalue weighted by molar-refractivity contribution is -0.161. The molecule has 0 rings (SSSR count). The average molecular weight is 1260 g/mol. The molecular weight excluding hydrogens is 1130 g/mol. The van der Waals surface area contributed by atoms with Gasteiger partial charge in [-0.3, -0.25) is 37.3 Å². The van der Waals surface area contributed by atoms with Gasteiger partial charge in [0.1, 0.15) is 19.3 Å². The minimum atomic E-state index is -4.95. The molecule has 5 atom stereocenters. The van der Waals surface area contributed by atoms with Gasteiger partial charge in [-0.05, 0) is 43.4 Å². The van der Waals surface area contributed by atoms with Crippen molar-refractivity contribution in [3.05, 3.63) is 0 Å². The molecule has 0 spiro atoms. The Bertz CT molecular complexity index is 1680. The highest BCUT2D eigenvalue weighted by Crippen LogP contribution is 2.45. The van der Waals surface area contributed by atoms with Gasteiger partial charge in [-0.15, -0.1) is 0 Å². The zero-order valence-electron chi connectivity index (χ0n) is 55.1.